The molecular formula is C16H16ClN7. The first-order valence-electron chi connectivity index (χ1n) is 7.50. The minimum Gasteiger partial charge on any atom is -0.337 e. The van der Waals surface area contributed by atoms with Crippen LogP contribution in [0.25, 0.3) is 28.3 Å². The van der Waals surface area contributed by atoms with E-state index in [1.165, 1.54) is 0 Å². The molecule has 24 heavy (non-hydrogen) atoms. The minimum absolute atomic E-state index is 0.406. The molecule has 0 unspecified atom stereocenters. The van der Waals surface area contributed by atoms with Gasteiger partial charge in [-0.15, -0.1) is 5.10 Å². The van der Waals surface area contributed by atoms with E-state index in [4.69, 9.17) is 11.6 Å². The van der Waals surface area contributed by atoms with Gasteiger partial charge in [-0.25, -0.2) is 14.5 Å². The molecule has 0 N–H and O–H groups in total. The summed E-state index contributed by atoms with van der Waals surface area (Å²) in [5.74, 6) is 1.39. The Balaban J connectivity index is 1.92. The SMILES string of the molecule is Cc1c(-c2ccn(C)n2)cn2nc(-c3cn(C)c(C)n3)nc(Cl)c12. The van der Waals surface area contributed by atoms with Gasteiger partial charge in [0.25, 0.3) is 0 Å². The Labute approximate surface area is 143 Å². The molecule has 4 heterocycles. The smallest absolute Gasteiger partial charge is 0.201 e. The van der Waals surface area contributed by atoms with Crippen molar-refractivity contribution < 1.29 is 0 Å². The van der Waals surface area contributed by atoms with Crippen LogP contribution < -0.4 is 0 Å². The van der Waals surface area contributed by atoms with Crippen molar-refractivity contribution in [3.05, 3.63) is 41.2 Å². The lowest BCUT2D eigenvalue weighted by Gasteiger charge is -2.01. The molecule has 4 aromatic heterocycles. The molecule has 0 atom stereocenters. The summed E-state index contributed by atoms with van der Waals surface area (Å²) in [5, 5.41) is 9.45. The van der Waals surface area contributed by atoms with Crippen molar-refractivity contribution in [1.82, 2.24) is 33.9 Å². The summed E-state index contributed by atoms with van der Waals surface area (Å²) in [6.45, 7) is 3.93. The van der Waals surface area contributed by atoms with E-state index in [-0.39, 0.29) is 0 Å². The standard InChI is InChI=1S/C16H16ClN7/c1-9-11(12-5-6-23(4)20-12)7-24-14(9)15(17)19-16(21-24)13-8-22(3)10(2)18-13/h5-8H,1-4H3. The monoisotopic (exact) mass is 341 g/mol. The molecule has 0 saturated carbocycles. The summed E-state index contributed by atoms with van der Waals surface area (Å²) in [4.78, 5) is 8.90. The Morgan fingerprint density at radius 1 is 1.00 bits per heavy atom. The van der Waals surface area contributed by atoms with Gasteiger partial charge in [-0.3, -0.25) is 4.68 Å². The van der Waals surface area contributed by atoms with Crippen LogP contribution in [-0.2, 0) is 14.1 Å². The van der Waals surface area contributed by atoms with Crippen LogP contribution in [0.2, 0.25) is 5.15 Å². The first-order chi connectivity index (χ1) is 11.4. The maximum absolute atomic E-state index is 6.44. The number of fused-ring (bicyclic) bond motifs is 1. The number of hydrogen-bond acceptors (Lipinski definition) is 4. The highest BCUT2D eigenvalue weighted by molar-refractivity contribution is 6.33. The second kappa shape index (κ2) is 5.17. The largest absolute Gasteiger partial charge is 0.337 e. The molecule has 0 radical (unpaired) electrons. The van der Waals surface area contributed by atoms with Crippen LogP contribution in [-0.4, -0.2) is 33.9 Å². The molecular weight excluding hydrogens is 326 g/mol. The number of hydrogen-bond donors (Lipinski definition) is 0. The van der Waals surface area contributed by atoms with E-state index in [2.05, 4.69) is 20.2 Å². The molecule has 122 valence electrons. The van der Waals surface area contributed by atoms with Crippen molar-refractivity contribution in [2.24, 2.45) is 14.1 Å². The molecule has 0 fully saturated rings. The predicted octanol–water partition coefficient (Wildman–Crippen LogP) is 2.80. The fourth-order valence-corrected chi connectivity index (χ4v) is 3.08. The molecule has 0 spiro atoms. The average molecular weight is 342 g/mol. The van der Waals surface area contributed by atoms with E-state index >= 15 is 0 Å². The summed E-state index contributed by atoms with van der Waals surface area (Å²) >= 11 is 6.44. The van der Waals surface area contributed by atoms with Crippen molar-refractivity contribution >= 4 is 17.1 Å². The van der Waals surface area contributed by atoms with Crippen LogP contribution >= 0.6 is 11.6 Å². The Hall–Kier alpha value is -2.67. The van der Waals surface area contributed by atoms with Crippen LogP contribution in [0.4, 0.5) is 0 Å². The van der Waals surface area contributed by atoms with Gasteiger partial charge < -0.3 is 4.57 Å². The van der Waals surface area contributed by atoms with Crippen LogP contribution in [0.5, 0.6) is 0 Å². The number of aromatic nitrogens is 7. The fourth-order valence-electron chi connectivity index (χ4n) is 2.77. The van der Waals surface area contributed by atoms with Gasteiger partial charge in [0.2, 0.25) is 5.82 Å². The second-order valence-electron chi connectivity index (χ2n) is 5.85. The normalized spacial score (nSPS) is 11.5. The maximum atomic E-state index is 6.44. The quantitative estimate of drug-likeness (QED) is 0.562. The van der Waals surface area contributed by atoms with Crippen LogP contribution in [0.15, 0.2) is 24.7 Å². The number of imidazole rings is 1. The first-order valence-corrected chi connectivity index (χ1v) is 7.87. The molecule has 0 aliphatic heterocycles. The summed E-state index contributed by atoms with van der Waals surface area (Å²) in [5.41, 5.74) is 4.36. The van der Waals surface area contributed by atoms with Gasteiger partial charge in [-0.1, -0.05) is 11.6 Å². The number of halogens is 1. The van der Waals surface area contributed by atoms with Crippen LogP contribution in [0, 0.1) is 13.8 Å². The van der Waals surface area contributed by atoms with E-state index in [1.54, 1.807) is 9.20 Å². The van der Waals surface area contributed by atoms with Crippen molar-refractivity contribution in [1.29, 1.82) is 0 Å². The third-order valence-corrected chi connectivity index (χ3v) is 4.43. The zero-order valence-corrected chi connectivity index (χ0v) is 14.6. The van der Waals surface area contributed by atoms with Gasteiger partial charge in [0.1, 0.15) is 17.0 Å². The van der Waals surface area contributed by atoms with E-state index in [0.29, 0.717) is 16.7 Å². The third-order valence-electron chi connectivity index (χ3n) is 4.17. The molecule has 4 aromatic rings. The molecule has 4 rings (SSSR count). The zero-order valence-electron chi connectivity index (χ0n) is 13.8. The van der Waals surface area contributed by atoms with Gasteiger partial charge in [0.05, 0.1) is 5.69 Å². The molecule has 0 bridgehead atoms. The highest BCUT2D eigenvalue weighted by atomic mass is 35.5. The number of nitrogens with zero attached hydrogens (tertiary/aromatic N) is 7. The van der Waals surface area contributed by atoms with Crippen molar-refractivity contribution in [3.63, 3.8) is 0 Å². The van der Waals surface area contributed by atoms with E-state index in [1.807, 2.05) is 57.2 Å². The summed E-state index contributed by atoms with van der Waals surface area (Å²) in [7, 11) is 3.83. The van der Waals surface area contributed by atoms with Gasteiger partial charge in [-0.05, 0) is 25.5 Å². The summed E-state index contributed by atoms with van der Waals surface area (Å²) < 4.78 is 5.46. The zero-order chi connectivity index (χ0) is 17.0. The van der Waals surface area contributed by atoms with Gasteiger partial charge in [0.15, 0.2) is 5.15 Å². The molecule has 7 nitrogen and oxygen atoms in total. The Kier molecular flexibility index (Phi) is 3.21. The number of aryl methyl sites for hydroxylation is 4. The Bertz CT molecular complexity index is 1050. The predicted molar refractivity (Wildman–Crippen MR) is 91.9 cm³/mol. The molecule has 0 saturated heterocycles. The Morgan fingerprint density at radius 3 is 2.42 bits per heavy atom. The fraction of sp³-hybridized carbons (Fsp3) is 0.250. The van der Waals surface area contributed by atoms with Gasteiger partial charge >= 0.3 is 0 Å². The number of rotatable bonds is 2. The first kappa shape index (κ1) is 14.9. The molecule has 0 aromatic carbocycles. The van der Waals surface area contributed by atoms with E-state index in [9.17, 15) is 0 Å². The summed E-state index contributed by atoms with van der Waals surface area (Å²) in [6, 6.07) is 1.96. The van der Waals surface area contributed by atoms with Gasteiger partial charge in [-0.2, -0.15) is 5.10 Å². The van der Waals surface area contributed by atoms with Gasteiger partial charge in [0, 0.05) is 38.2 Å². The summed E-state index contributed by atoms with van der Waals surface area (Å²) in [6.07, 6.45) is 5.73. The van der Waals surface area contributed by atoms with Crippen molar-refractivity contribution in [3.8, 4) is 22.8 Å². The third kappa shape index (κ3) is 2.20. The lowest BCUT2D eigenvalue weighted by atomic mass is 10.1. The topological polar surface area (TPSA) is 65.8 Å². The average Bonchev–Trinajstić information content (AvgIpc) is 3.19. The van der Waals surface area contributed by atoms with E-state index < -0.39 is 0 Å². The van der Waals surface area contributed by atoms with Crippen molar-refractivity contribution in [2.75, 3.05) is 0 Å². The molecule has 0 aliphatic rings. The highest BCUT2D eigenvalue weighted by Gasteiger charge is 2.18. The maximum Gasteiger partial charge on any atom is 0.201 e. The lowest BCUT2D eigenvalue weighted by molar-refractivity contribution is 0.770. The highest BCUT2D eigenvalue weighted by Crippen LogP contribution is 2.30. The van der Waals surface area contributed by atoms with Crippen molar-refractivity contribution in [2.45, 2.75) is 13.8 Å². The molecule has 0 amide bonds. The lowest BCUT2D eigenvalue weighted by Crippen LogP contribution is -1.98. The van der Waals surface area contributed by atoms with Crippen LogP contribution in [0.1, 0.15) is 11.4 Å². The van der Waals surface area contributed by atoms with Crippen LogP contribution in [0.3, 0.4) is 0 Å². The van der Waals surface area contributed by atoms with E-state index in [0.717, 1.165) is 28.2 Å². The minimum atomic E-state index is 0.406. The molecule has 0 aliphatic carbocycles. The molecule has 8 heteroatoms. The Morgan fingerprint density at radius 2 is 1.79 bits per heavy atom. The second-order valence-corrected chi connectivity index (χ2v) is 6.20.